The van der Waals surface area contributed by atoms with E-state index in [-0.39, 0.29) is 17.9 Å². The lowest BCUT2D eigenvalue weighted by atomic mass is 9.92. The van der Waals surface area contributed by atoms with Gasteiger partial charge in [0.2, 0.25) is 5.91 Å². The fourth-order valence-corrected chi connectivity index (χ4v) is 5.41. The predicted molar refractivity (Wildman–Crippen MR) is 134 cm³/mol. The molecule has 1 aromatic heterocycles. The lowest BCUT2D eigenvalue weighted by Gasteiger charge is -2.45. The van der Waals surface area contributed by atoms with Gasteiger partial charge in [0.1, 0.15) is 11.2 Å². The first-order valence-corrected chi connectivity index (χ1v) is 12.5. The first kappa shape index (κ1) is 22.5. The minimum absolute atomic E-state index is 0.0537. The van der Waals surface area contributed by atoms with Gasteiger partial charge in [0.25, 0.3) is 5.91 Å². The van der Waals surface area contributed by atoms with Crippen molar-refractivity contribution in [1.82, 2.24) is 14.8 Å². The summed E-state index contributed by atoms with van der Waals surface area (Å²) in [6.45, 7) is 2.76. The second kappa shape index (κ2) is 9.49. The van der Waals surface area contributed by atoms with E-state index in [0.717, 1.165) is 42.5 Å². The molecule has 5 heteroatoms. The van der Waals surface area contributed by atoms with Crippen molar-refractivity contribution in [1.29, 1.82) is 0 Å². The van der Waals surface area contributed by atoms with Gasteiger partial charge in [-0.15, -0.1) is 0 Å². The van der Waals surface area contributed by atoms with Crippen LogP contribution in [0, 0.1) is 0 Å². The normalized spacial score (nSPS) is 21.1. The average Bonchev–Trinajstić information content (AvgIpc) is 3.10. The van der Waals surface area contributed by atoms with E-state index >= 15 is 0 Å². The minimum atomic E-state index is -0.991. The van der Waals surface area contributed by atoms with Crippen LogP contribution < -0.4 is 5.32 Å². The van der Waals surface area contributed by atoms with Crippen molar-refractivity contribution < 1.29 is 9.59 Å². The molecule has 0 bridgehead atoms. The van der Waals surface area contributed by atoms with Crippen LogP contribution in [0.2, 0.25) is 0 Å². The molecule has 2 aromatic carbocycles. The van der Waals surface area contributed by atoms with Crippen molar-refractivity contribution >= 4 is 11.8 Å². The third-order valence-corrected chi connectivity index (χ3v) is 7.44. The molecule has 0 unspecified atom stereocenters. The number of amides is 2. The third-order valence-electron chi connectivity index (χ3n) is 7.44. The highest BCUT2D eigenvalue weighted by Crippen LogP contribution is 2.34. The Labute approximate surface area is 201 Å². The standard InChI is InChI=1S/C29H33N3O2/c1-29(28(34)30-24-16-10-2-3-11-17-24)21-31-25(23-14-8-5-9-15-23)18-19-26(31)27(33)32(29)20-22-12-6-4-7-13-22/h4-9,12-15,18-19,24H,2-3,10-11,16-17,20-21H2,1H3,(H,30,34)/t29-/m0/s1. The van der Waals surface area contributed by atoms with Crippen molar-refractivity contribution in [3.05, 3.63) is 84.1 Å². The number of hydrogen-bond acceptors (Lipinski definition) is 2. The Morgan fingerprint density at radius 3 is 2.18 bits per heavy atom. The minimum Gasteiger partial charge on any atom is -0.351 e. The molecule has 3 aromatic rings. The molecule has 1 N–H and O–H groups in total. The first-order valence-electron chi connectivity index (χ1n) is 12.5. The number of nitrogens with one attached hydrogen (secondary N) is 1. The summed E-state index contributed by atoms with van der Waals surface area (Å²) in [6.07, 6.45) is 6.78. The van der Waals surface area contributed by atoms with Gasteiger partial charge < -0.3 is 14.8 Å². The van der Waals surface area contributed by atoms with Crippen LogP contribution >= 0.6 is 0 Å². The van der Waals surface area contributed by atoms with E-state index in [2.05, 4.69) is 5.32 Å². The van der Waals surface area contributed by atoms with Gasteiger partial charge in [-0.2, -0.15) is 0 Å². The van der Waals surface area contributed by atoms with Gasteiger partial charge in [0.05, 0.1) is 6.54 Å². The highest BCUT2D eigenvalue weighted by Gasteiger charge is 2.48. The van der Waals surface area contributed by atoms with Crippen LogP contribution in [-0.4, -0.2) is 32.9 Å². The third kappa shape index (κ3) is 4.27. The number of benzene rings is 2. The van der Waals surface area contributed by atoms with Gasteiger partial charge in [0, 0.05) is 18.3 Å². The topological polar surface area (TPSA) is 54.3 Å². The van der Waals surface area contributed by atoms with Crippen LogP contribution in [0.4, 0.5) is 0 Å². The Morgan fingerprint density at radius 1 is 0.882 bits per heavy atom. The Bertz CT molecular complexity index is 1150. The second-order valence-electron chi connectivity index (χ2n) is 9.87. The van der Waals surface area contributed by atoms with Crippen molar-refractivity contribution in [3.8, 4) is 11.3 Å². The Kier molecular flexibility index (Phi) is 6.27. The number of rotatable bonds is 5. The zero-order chi connectivity index (χ0) is 23.5. The van der Waals surface area contributed by atoms with Crippen LogP contribution in [0.25, 0.3) is 11.3 Å². The van der Waals surface area contributed by atoms with Gasteiger partial charge in [-0.05, 0) is 43.0 Å². The number of nitrogens with zero attached hydrogens (tertiary/aromatic N) is 2. The molecular weight excluding hydrogens is 422 g/mol. The quantitative estimate of drug-likeness (QED) is 0.523. The SMILES string of the molecule is C[C@@]1(C(=O)NC2CCCCCC2)Cn2c(ccc2-c2ccccc2)C(=O)N1Cc1ccccc1. The molecule has 5 nitrogen and oxygen atoms in total. The van der Waals surface area contributed by atoms with E-state index in [4.69, 9.17) is 0 Å². The summed E-state index contributed by atoms with van der Waals surface area (Å²) < 4.78 is 2.03. The highest BCUT2D eigenvalue weighted by molar-refractivity contribution is 6.00. The molecule has 0 spiro atoms. The Morgan fingerprint density at radius 2 is 1.50 bits per heavy atom. The Hall–Kier alpha value is -3.34. The lowest BCUT2D eigenvalue weighted by molar-refractivity contribution is -0.134. The first-order chi connectivity index (χ1) is 16.6. The largest absolute Gasteiger partial charge is 0.351 e. The fourth-order valence-electron chi connectivity index (χ4n) is 5.41. The molecule has 34 heavy (non-hydrogen) atoms. The van der Waals surface area contributed by atoms with E-state index in [1.54, 1.807) is 4.90 Å². The predicted octanol–water partition coefficient (Wildman–Crippen LogP) is 5.41. The molecule has 1 fully saturated rings. The van der Waals surface area contributed by atoms with Gasteiger partial charge in [-0.3, -0.25) is 9.59 Å². The number of carbonyl (C=O) groups excluding carboxylic acids is 2. The number of fused-ring (bicyclic) bond motifs is 1. The molecule has 176 valence electrons. The summed E-state index contributed by atoms with van der Waals surface area (Å²) >= 11 is 0. The summed E-state index contributed by atoms with van der Waals surface area (Å²) in [5, 5.41) is 3.34. The molecule has 2 amide bonds. The molecule has 0 radical (unpaired) electrons. The Balaban J connectivity index is 1.52. The summed E-state index contributed by atoms with van der Waals surface area (Å²) in [5.74, 6) is -0.155. The van der Waals surface area contributed by atoms with Crippen LogP contribution in [0.5, 0.6) is 0 Å². The smallest absolute Gasteiger partial charge is 0.271 e. The van der Waals surface area contributed by atoms with E-state index in [1.165, 1.54) is 12.8 Å². The van der Waals surface area contributed by atoms with Gasteiger partial charge in [-0.25, -0.2) is 0 Å². The second-order valence-corrected chi connectivity index (χ2v) is 9.87. The fraction of sp³-hybridized carbons (Fsp3) is 0.379. The average molecular weight is 456 g/mol. The molecule has 0 saturated heterocycles. The number of carbonyl (C=O) groups is 2. The molecule has 2 heterocycles. The van der Waals surface area contributed by atoms with Crippen LogP contribution in [0.3, 0.4) is 0 Å². The van der Waals surface area contributed by atoms with Crippen LogP contribution in [-0.2, 0) is 17.9 Å². The summed E-state index contributed by atoms with van der Waals surface area (Å²) in [4.78, 5) is 29.5. The zero-order valence-electron chi connectivity index (χ0n) is 19.9. The molecule has 1 aliphatic carbocycles. The molecule has 1 atom stereocenters. The summed E-state index contributed by atoms with van der Waals surface area (Å²) in [6, 6.07) is 24.1. The van der Waals surface area contributed by atoms with Gasteiger partial charge >= 0.3 is 0 Å². The highest BCUT2D eigenvalue weighted by atomic mass is 16.2. The maximum Gasteiger partial charge on any atom is 0.271 e. The lowest BCUT2D eigenvalue weighted by Crippen LogP contribution is -2.64. The summed E-state index contributed by atoms with van der Waals surface area (Å²) in [7, 11) is 0. The molecule has 1 aliphatic heterocycles. The van der Waals surface area contributed by atoms with E-state index in [0.29, 0.717) is 18.8 Å². The van der Waals surface area contributed by atoms with E-state index in [9.17, 15) is 9.59 Å². The van der Waals surface area contributed by atoms with Crippen LogP contribution in [0.15, 0.2) is 72.8 Å². The van der Waals surface area contributed by atoms with Gasteiger partial charge in [0.15, 0.2) is 0 Å². The molecular formula is C29H33N3O2. The van der Waals surface area contributed by atoms with Crippen molar-refractivity contribution in [2.75, 3.05) is 0 Å². The van der Waals surface area contributed by atoms with Gasteiger partial charge in [-0.1, -0.05) is 86.3 Å². The van der Waals surface area contributed by atoms with E-state index < -0.39 is 5.54 Å². The molecule has 5 rings (SSSR count). The maximum absolute atomic E-state index is 13.9. The van der Waals surface area contributed by atoms with Crippen LogP contribution in [0.1, 0.15) is 61.5 Å². The van der Waals surface area contributed by atoms with Crippen molar-refractivity contribution in [2.45, 2.75) is 70.1 Å². The van der Waals surface area contributed by atoms with Crippen molar-refractivity contribution in [2.24, 2.45) is 0 Å². The zero-order valence-corrected chi connectivity index (χ0v) is 19.9. The maximum atomic E-state index is 13.9. The monoisotopic (exact) mass is 455 g/mol. The number of aromatic nitrogens is 1. The summed E-state index contributed by atoms with van der Waals surface area (Å²) in [5.41, 5.74) is 2.68. The number of hydrogen-bond donors (Lipinski definition) is 1. The van der Waals surface area contributed by atoms with E-state index in [1.807, 2.05) is 84.3 Å². The van der Waals surface area contributed by atoms with Crippen molar-refractivity contribution in [3.63, 3.8) is 0 Å². The molecule has 1 saturated carbocycles. The molecule has 2 aliphatic rings.